The minimum Gasteiger partial charge on any atom is -0.383 e. The third-order valence-electron chi connectivity index (χ3n) is 5.26. The van der Waals surface area contributed by atoms with Crippen molar-refractivity contribution < 1.29 is 22.7 Å². The topological polar surface area (TPSA) is 94.2 Å². The fourth-order valence-corrected chi connectivity index (χ4v) is 3.80. The van der Waals surface area contributed by atoms with E-state index in [1.165, 1.54) is 4.90 Å². The van der Waals surface area contributed by atoms with Crippen LogP contribution in [0.15, 0.2) is 24.5 Å². The molecule has 0 unspecified atom stereocenters. The first-order chi connectivity index (χ1) is 15.1. The minimum absolute atomic E-state index is 0.0305. The standard InChI is InChI=1S/C21H19ClF3N5O2/c1-10(2)30(7-11-5-28-18(6-27-11)21(23,24)25)20(31)13-3-12-14-8-32-9-15(14)19(26)29-17(12)4-16(13)22/h3-6,10H,7-9H2,1-2H3,(H2,26,29). The quantitative estimate of drug-likeness (QED) is 0.615. The van der Waals surface area contributed by atoms with Crippen molar-refractivity contribution in [1.29, 1.82) is 0 Å². The summed E-state index contributed by atoms with van der Waals surface area (Å²) in [6.07, 6.45) is -2.91. The number of rotatable bonds is 4. The van der Waals surface area contributed by atoms with Gasteiger partial charge in [-0.2, -0.15) is 13.2 Å². The van der Waals surface area contributed by atoms with Crippen LogP contribution in [-0.2, 0) is 30.7 Å². The number of alkyl halides is 3. The molecule has 3 aromatic rings. The second kappa shape index (κ2) is 8.18. The molecule has 3 heterocycles. The van der Waals surface area contributed by atoms with Crippen molar-refractivity contribution in [2.75, 3.05) is 5.73 Å². The number of nitrogen functional groups attached to an aromatic ring is 1. The predicted octanol–water partition coefficient (Wildman–Crippen LogP) is 4.36. The van der Waals surface area contributed by atoms with Gasteiger partial charge in [0, 0.05) is 17.0 Å². The molecule has 0 fully saturated rings. The predicted molar refractivity (Wildman–Crippen MR) is 112 cm³/mol. The highest BCUT2D eigenvalue weighted by atomic mass is 35.5. The van der Waals surface area contributed by atoms with E-state index < -0.39 is 17.8 Å². The van der Waals surface area contributed by atoms with Crippen molar-refractivity contribution in [3.05, 3.63) is 57.6 Å². The molecule has 0 radical (unpaired) electrons. The Labute approximate surface area is 186 Å². The summed E-state index contributed by atoms with van der Waals surface area (Å²) in [5, 5.41) is 0.912. The Morgan fingerprint density at radius 2 is 1.94 bits per heavy atom. The average Bonchev–Trinajstić information content (AvgIpc) is 3.21. The smallest absolute Gasteiger partial charge is 0.383 e. The maximum Gasteiger partial charge on any atom is 0.434 e. The molecular formula is C21H19ClF3N5O2. The lowest BCUT2D eigenvalue weighted by Crippen LogP contribution is -2.37. The van der Waals surface area contributed by atoms with Gasteiger partial charge in [-0.1, -0.05) is 11.6 Å². The number of aromatic nitrogens is 3. The van der Waals surface area contributed by atoms with Crippen LogP contribution in [0.1, 0.15) is 46.7 Å². The third kappa shape index (κ3) is 4.07. The Kier molecular flexibility index (Phi) is 5.68. The fraction of sp³-hybridized carbons (Fsp3) is 0.333. The van der Waals surface area contributed by atoms with Gasteiger partial charge >= 0.3 is 6.18 Å². The number of hydrogen-bond acceptors (Lipinski definition) is 6. The van der Waals surface area contributed by atoms with E-state index in [0.29, 0.717) is 30.7 Å². The lowest BCUT2D eigenvalue weighted by atomic mass is 10.0. The molecule has 11 heteroatoms. The van der Waals surface area contributed by atoms with Crippen molar-refractivity contribution in [2.24, 2.45) is 0 Å². The number of fused-ring (bicyclic) bond motifs is 3. The van der Waals surface area contributed by atoms with Gasteiger partial charge in [-0.05, 0) is 31.5 Å². The highest BCUT2D eigenvalue weighted by molar-refractivity contribution is 6.34. The molecule has 0 saturated carbocycles. The Bertz CT molecular complexity index is 1200. The molecule has 32 heavy (non-hydrogen) atoms. The summed E-state index contributed by atoms with van der Waals surface area (Å²) >= 11 is 6.41. The van der Waals surface area contributed by atoms with Gasteiger partial charge in [0.05, 0.1) is 53.9 Å². The lowest BCUT2D eigenvalue weighted by molar-refractivity contribution is -0.141. The molecule has 0 aliphatic carbocycles. The molecule has 2 aromatic heterocycles. The lowest BCUT2D eigenvalue weighted by Gasteiger charge is -2.27. The Balaban J connectivity index is 1.69. The summed E-state index contributed by atoms with van der Waals surface area (Å²) in [4.78, 5) is 26.4. The summed E-state index contributed by atoms with van der Waals surface area (Å²) in [6, 6.07) is 2.96. The van der Waals surface area contributed by atoms with Gasteiger partial charge in [-0.25, -0.2) is 9.97 Å². The number of hydrogen-bond donors (Lipinski definition) is 1. The van der Waals surface area contributed by atoms with Crippen LogP contribution in [0.4, 0.5) is 19.0 Å². The minimum atomic E-state index is -4.58. The molecule has 0 atom stereocenters. The molecule has 0 saturated heterocycles. The van der Waals surface area contributed by atoms with Crippen molar-refractivity contribution in [3.8, 4) is 0 Å². The zero-order valence-electron chi connectivity index (χ0n) is 17.2. The van der Waals surface area contributed by atoms with E-state index in [4.69, 9.17) is 22.1 Å². The summed E-state index contributed by atoms with van der Waals surface area (Å²) in [5.41, 5.74) is 7.59. The second-order valence-electron chi connectivity index (χ2n) is 7.71. The van der Waals surface area contributed by atoms with Crippen molar-refractivity contribution in [2.45, 2.75) is 45.8 Å². The Morgan fingerprint density at radius 3 is 2.56 bits per heavy atom. The third-order valence-corrected chi connectivity index (χ3v) is 5.57. The van der Waals surface area contributed by atoms with Crippen molar-refractivity contribution in [1.82, 2.24) is 19.9 Å². The first-order valence-corrected chi connectivity index (χ1v) is 10.1. The summed E-state index contributed by atoms with van der Waals surface area (Å²) in [6.45, 7) is 4.25. The number of amides is 1. The molecule has 168 valence electrons. The number of carbonyl (C=O) groups is 1. The number of nitrogens with two attached hydrogens (primary N) is 1. The molecular weight excluding hydrogens is 447 g/mol. The first kappa shape index (κ1) is 22.2. The summed E-state index contributed by atoms with van der Waals surface area (Å²) < 4.78 is 43.7. The maximum absolute atomic E-state index is 13.4. The van der Waals surface area contributed by atoms with Gasteiger partial charge in [0.1, 0.15) is 5.82 Å². The second-order valence-corrected chi connectivity index (χ2v) is 8.12. The van der Waals surface area contributed by atoms with Crippen LogP contribution in [0.2, 0.25) is 5.02 Å². The summed E-state index contributed by atoms with van der Waals surface area (Å²) in [7, 11) is 0. The molecule has 1 aromatic carbocycles. The number of halogens is 4. The van der Waals surface area contributed by atoms with Crippen LogP contribution in [0, 0.1) is 0 Å². The van der Waals surface area contributed by atoms with Gasteiger partial charge in [0.2, 0.25) is 0 Å². The van der Waals surface area contributed by atoms with Gasteiger partial charge in [-0.3, -0.25) is 9.78 Å². The monoisotopic (exact) mass is 465 g/mol. The molecule has 7 nitrogen and oxygen atoms in total. The number of benzene rings is 1. The average molecular weight is 466 g/mol. The van der Waals surface area contributed by atoms with Crippen LogP contribution < -0.4 is 5.73 Å². The normalized spacial score (nSPS) is 13.6. The van der Waals surface area contributed by atoms with E-state index in [1.54, 1.807) is 26.0 Å². The van der Waals surface area contributed by atoms with Crippen LogP contribution in [-0.4, -0.2) is 31.8 Å². The zero-order valence-corrected chi connectivity index (χ0v) is 18.0. The number of pyridine rings is 1. The van der Waals surface area contributed by atoms with E-state index in [2.05, 4.69) is 15.0 Å². The summed E-state index contributed by atoms with van der Waals surface area (Å²) in [5.74, 6) is -0.0251. The van der Waals surface area contributed by atoms with E-state index in [0.717, 1.165) is 22.7 Å². The van der Waals surface area contributed by atoms with Crippen molar-refractivity contribution in [3.63, 3.8) is 0 Å². The van der Waals surface area contributed by atoms with Gasteiger partial charge in [0.25, 0.3) is 5.91 Å². The van der Waals surface area contributed by atoms with E-state index >= 15 is 0 Å². The fourth-order valence-electron chi connectivity index (χ4n) is 3.56. The van der Waals surface area contributed by atoms with Gasteiger partial charge in [0.15, 0.2) is 5.69 Å². The highest BCUT2D eigenvalue weighted by Gasteiger charge is 2.33. The number of nitrogens with zero attached hydrogens (tertiary/aromatic N) is 4. The van der Waals surface area contributed by atoms with E-state index in [9.17, 15) is 18.0 Å². The largest absolute Gasteiger partial charge is 0.434 e. The molecule has 1 amide bonds. The van der Waals surface area contributed by atoms with Crippen molar-refractivity contribution >= 4 is 34.2 Å². The van der Waals surface area contributed by atoms with Gasteiger partial charge in [-0.15, -0.1) is 0 Å². The molecule has 1 aliphatic rings. The maximum atomic E-state index is 13.4. The van der Waals surface area contributed by atoms with Crippen LogP contribution in [0.3, 0.4) is 0 Å². The Morgan fingerprint density at radius 1 is 1.22 bits per heavy atom. The molecule has 1 aliphatic heterocycles. The highest BCUT2D eigenvalue weighted by Crippen LogP contribution is 2.34. The van der Waals surface area contributed by atoms with Crippen LogP contribution >= 0.6 is 11.6 Å². The Hall–Kier alpha value is -2.98. The molecule has 0 spiro atoms. The first-order valence-electron chi connectivity index (χ1n) is 9.73. The van der Waals surface area contributed by atoms with E-state index in [-0.39, 0.29) is 28.9 Å². The molecule has 2 N–H and O–H groups in total. The zero-order chi connectivity index (χ0) is 23.2. The van der Waals surface area contributed by atoms with Crippen LogP contribution in [0.25, 0.3) is 10.9 Å². The number of ether oxygens (including phenoxy) is 1. The number of carbonyl (C=O) groups excluding carboxylic acids is 1. The van der Waals surface area contributed by atoms with E-state index in [1.807, 2.05) is 0 Å². The van der Waals surface area contributed by atoms with Crippen LogP contribution in [0.5, 0.6) is 0 Å². The molecule has 0 bridgehead atoms. The SMILES string of the molecule is CC(C)N(Cc1cnc(C(F)(F)F)cn1)C(=O)c1cc2c3c(c(N)nc2cc1Cl)COC3. The number of anilines is 1. The van der Waals surface area contributed by atoms with Gasteiger partial charge < -0.3 is 15.4 Å². The molecule has 4 rings (SSSR count).